The maximum absolute atomic E-state index is 13.4. The Morgan fingerprint density at radius 1 is 1.47 bits per heavy atom. The summed E-state index contributed by atoms with van der Waals surface area (Å²) in [6, 6.07) is 2.55. The quantitative estimate of drug-likeness (QED) is 0.720. The molecule has 1 aromatic carbocycles. The molecule has 2 atom stereocenters. The molecule has 0 bridgehead atoms. The summed E-state index contributed by atoms with van der Waals surface area (Å²) in [7, 11) is 0. The number of hydrogen-bond donors (Lipinski definition) is 3. The van der Waals surface area contributed by atoms with Gasteiger partial charge in [0.15, 0.2) is 0 Å². The molecule has 15 heavy (non-hydrogen) atoms. The van der Waals surface area contributed by atoms with Crippen LogP contribution in [0.5, 0.6) is 0 Å². The van der Waals surface area contributed by atoms with Crippen LogP contribution in [0.2, 0.25) is 5.02 Å². The van der Waals surface area contributed by atoms with Crippen molar-refractivity contribution < 1.29 is 14.6 Å². The van der Waals surface area contributed by atoms with Gasteiger partial charge in [0, 0.05) is 16.3 Å². The van der Waals surface area contributed by atoms with Crippen molar-refractivity contribution >= 4 is 24.2 Å². The van der Waals surface area contributed by atoms with Gasteiger partial charge in [-0.05, 0) is 24.6 Å². The summed E-state index contributed by atoms with van der Waals surface area (Å²) in [4.78, 5) is 0. The monoisotopic (exact) mass is 250 g/mol. The Balaban J connectivity index is 3.09. The molecule has 1 aromatic rings. The predicted molar refractivity (Wildman–Crippen MR) is 61.0 cm³/mol. The van der Waals surface area contributed by atoms with E-state index in [2.05, 4.69) is 12.6 Å². The summed E-state index contributed by atoms with van der Waals surface area (Å²) in [5.41, 5.74) is 0.692. The first-order chi connectivity index (χ1) is 6.97. The van der Waals surface area contributed by atoms with E-state index in [1.165, 1.54) is 6.07 Å². The molecule has 5 heteroatoms. The molecule has 0 heterocycles. The molecule has 0 radical (unpaired) electrons. The van der Waals surface area contributed by atoms with E-state index in [1.807, 2.05) is 0 Å². The number of aliphatic hydroxyl groups excluding tert-OH is 2. The number of halogens is 2. The van der Waals surface area contributed by atoms with Gasteiger partial charge >= 0.3 is 0 Å². The first-order valence-corrected chi connectivity index (χ1v) is 5.41. The van der Waals surface area contributed by atoms with Crippen molar-refractivity contribution in [3.8, 4) is 0 Å². The van der Waals surface area contributed by atoms with E-state index in [1.54, 1.807) is 6.92 Å². The van der Waals surface area contributed by atoms with Gasteiger partial charge in [-0.3, -0.25) is 0 Å². The first kappa shape index (κ1) is 12.8. The van der Waals surface area contributed by atoms with E-state index in [0.717, 1.165) is 6.07 Å². The van der Waals surface area contributed by atoms with Crippen molar-refractivity contribution in [3.63, 3.8) is 0 Å². The Labute approximate surface area is 98.1 Å². The van der Waals surface area contributed by atoms with Crippen LogP contribution in [0.3, 0.4) is 0 Å². The van der Waals surface area contributed by atoms with Crippen LogP contribution in [0.25, 0.3) is 0 Å². The van der Waals surface area contributed by atoms with Crippen molar-refractivity contribution in [1.29, 1.82) is 0 Å². The Morgan fingerprint density at radius 2 is 2.07 bits per heavy atom. The van der Waals surface area contributed by atoms with Crippen LogP contribution in [0.4, 0.5) is 4.39 Å². The maximum atomic E-state index is 13.4. The lowest BCUT2D eigenvalue weighted by atomic mass is 10.0. The minimum atomic E-state index is -1.28. The fourth-order valence-corrected chi connectivity index (χ4v) is 1.56. The SMILES string of the molecule is Cc1cc(C(O)C(O)CS)c(F)cc1Cl. The van der Waals surface area contributed by atoms with Gasteiger partial charge in [0.05, 0.1) is 6.10 Å². The van der Waals surface area contributed by atoms with Crippen molar-refractivity contribution in [2.75, 3.05) is 5.75 Å². The lowest BCUT2D eigenvalue weighted by molar-refractivity contribution is 0.0314. The summed E-state index contributed by atoms with van der Waals surface area (Å²) >= 11 is 9.53. The average molecular weight is 251 g/mol. The zero-order valence-electron chi connectivity index (χ0n) is 8.11. The predicted octanol–water partition coefficient (Wildman–Crippen LogP) is 2.11. The highest BCUT2D eigenvalue weighted by Crippen LogP contribution is 2.26. The molecule has 0 amide bonds. The van der Waals surface area contributed by atoms with Gasteiger partial charge in [0.2, 0.25) is 0 Å². The summed E-state index contributed by atoms with van der Waals surface area (Å²) in [6.07, 6.45) is -2.37. The van der Waals surface area contributed by atoms with Gasteiger partial charge in [0.1, 0.15) is 11.9 Å². The molecule has 2 nitrogen and oxygen atoms in total. The summed E-state index contributed by atoms with van der Waals surface area (Å²) in [5.74, 6) is -0.568. The van der Waals surface area contributed by atoms with E-state index in [4.69, 9.17) is 11.6 Å². The number of aryl methyl sites for hydroxylation is 1. The van der Waals surface area contributed by atoms with Crippen molar-refractivity contribution in [3.05, 3.63) is 34.1 Å². The molecule has 0 saturated heterocycles. The number of rotatable bonds is 3. The molecule has 0 aliphatic rings. The molecular formula is C10H12ClFO2S. The second-order valence-electron chi connectivity index (χ2n) is 3.32. The lowest BCUT2D eigenvalue weighted by Gasteiger charge is -2.17. The van der Waals surface area contributed by atoms with Crippen LogP contribution in [-0.4, -0.2) is 22.1 Å². The largest absolute Gasteiger partial charge is 0.389 e. The maximum Gasteiger partial charge on any atom is 0.130 e. The van der Waals surface area contributed by atoms with Gasteiger partial charge in [-0.15, -0.1) is 0 Å². The third-order valence-electron chi connectivity index (χ3n) is 2.15. The average Bonchev–Trinajstić information content (AvgIpc) is 2.21. The standard InChI is InChI=1S/C10H12ClFO2S/c1-5-2-6(8(12)3-7(5)11)10(14)9(13)4-15/h2-3,9-10,13-15H,4H2,1H3. The van der Waals surface area contributed by atoms with Crippen molar-refractivity contribution in [1.82, 2.24) is 0 Å². The van der Waals surface area contributed by atoms with Crippen LogP contribution in [0, 0.1) is 12.7 Å². The summed E-state index contributed by atoms with van der Waals surface area (Å²) in [5, 5.41) is 19.2. The van der Waals surface area contributed by atoms with Gasteiger partial charge in [-0.2, -0.15) is 12.6 Å². The highest BCUT2D eigenvalue weighted by Gasteiger charge is 2.21. The van der Waals surface area contributed by atoms with E-state index in [-0.39, 0.29) is 11.3 Å². The molecule has 0 aliphatic heterocycles. The molecule has 2 N–H and O–H groups in total. The number of aliphatic hydroxyl groups is 2. The van der Waals surface area contributed by atoms with Gasteiger partial charge in [0.25, 0.3) is 0 Å². The van der Waals surface area contributed by atoms with Gasteiger partial charge < -0.3 is 10.2 Å². The Morgan fingerprint density at radius 3 is 2.60 bits per heavy atom. The minimum absolute atomic E-state index is 0.0402. The van der Waals surface area contributed by atoms with E-state index < -0.39 is 18.0 Å². The zero-order chi connectivity index (χ0) is 11.6. The molecule has 0 aromatic heterocycles. The van der Waals surface area contributed by atoms with Crippen LogP contribution in [0.15, 0.2) is 12.1 Å². The Kier molecular flexibility index (Phi) is 4.40. The normalized spacial score (nSPS) is 15.1. The topological polar surface area (TPSA) is 40.5 Å². The molecule has 0 spiro atoms. The Hall–Kier alpha value is -0.290. The molecular weight excluding hydrogens is 239 g/mol. The summed E-state index contributed by atoms with van der Waals surface area (Å²) in [6.45, 7) is 1.70. The lowest BCUT2D eigenvalue weighted by Crippen LogP contribution is -2.20. The van der Waals surface area contributed by atoms with Crippen molar-refractivity contribution in [2.24, 2.45) is 0 Å². The highest BCUT2D eigenvalue weighted by atomic mass is 35.5. The third kappa shape index (κ3) is 2.84. The molecule has 1 rings (SSSR count). The minimum Gasteiger partial charge on any atom is -0.389 e. The molecule has 0 fully saturated rings. The number of hydrogen-bond acceptors (Lipinski definition) is 3. The number of benzene rings is 1. The van der Waals surface area contributed by atoms with Crippen LogP contribution in [0.1, 0.15) is 17.2 Å². The molecule has 2 unspecified atom stereocenters. The smallest absolute Gasteiger partial charge is 0.130 e. The second-order valence-corrected chi connectivity index (χ2v) is 4.09. The highest BCUT2D eigenvalue weighted by molar-refractivity contribution is 7.80. The van der Waals surface area contributed by atoms with Crippen LogP contribution >= 0.6 is 24.2 Å². The van der Waals surface area contributed by atoms with Gasteiger partial charge in [-0.25, -0.2) is 4.39 Å². The van der Waals surface area contributed by atoms with Gasteiger partial charge in [-0.1, -0.05) is 11.6 Å². The molecule has 84 valence electrons. The van der Waals surface area contributed by atoms with Crippen LogP contribution < -0.4 is 0 Å². The number of thiol groups is 1. The van der Waals surface area contributed by atoms with E-state index in [9.17, 15) is 14.6 Å². The van der Waals surface area contributed by atoms with Crippen LogP contribution in [-0.2, 0) is 0 Å². The van der Waals surface area contributed by atoms with E-state index in [0.29, 0.717) is 10.6 Å². The molecule has 0 saturated carbocycles. The third-order valence-corrected chi connectivity index (χ3v) is 2.93. The molecule has 0 aliphatic carbocycles. The van der Waals surface area contributed by atoms with E-state index >= 15 is 0 Å². The van der Waals surface area contributed by atoms with Crippen molar-refractivity contribution in [2.45, 2.75) is 19.1 Å². The second kappa shape index (κ2) is 5.16. The first-order valence-electron chi connectivity index (χ1n) is 4.40. The summed E-state index contributed by atoms with van der Waals surface area (Å²) < 4.78 is 13.4. The zero-order valence-corrected chi connectivity index (χ0v) is 9.76. The Bertz CT molecular complexity index is 360. The fourth-order valence-electron chi connectivity index (χ4n) is 1.21. The fraction of sp³-hybridized carbons (Fsp3) is 0.400.